The van der Waals surface area contributed by atoms with Crippen molar-refractivity contribution in [1.29, 1.82) is 0 Å². The second-order valence-corrected chi connectivity index (χ2v) is 7.98. The Balaban J connectivity index is 1.39. The molecule has 31 heavy (non-hydrogen) atoms. The van der Waals surface area contributed by atoms with E-state index in [4.69, 9.17) is 5.84 Å². The van der Waals surface area contributed by atoms with Crippen LogP contribution >= 0.6 is 0 Å². The Labute approximate surface area is 180 Å². The zero-order valence-electron chi connectivity index (χ0n) is 17.3. The van der Waals surface area contributed by atoms with Crippen molar-refractivity contribution in [2.75, 3.05) is 48.4 Å². The highest BCUT2D eigenvalue weighted by Crippen LogP contribution is 2.25. The van der Waals surface area contributed by atoms with E-state index in [0.717, 1.165) is 24.3 Å². The van der Waals surface area contributed by atoms with Crippen LogP contribution in [0.5, 0.6) is 0 Å². The van der Waals surface area contributed by atoms with Gasteiger partial charge in [-0.25, -0.2) is 15.0 Å². The largest absolute Gasteiger partial charge is 0.372 e. The molecule has 2 saturated heterocycles. The third-order valence-electron chi connectivity index (χ3n) is 6.00. The van der Waals surface area contributed by atoms with E-state index in [1.165, 1.54) is 36.5 Å². The summed E-state index contributed by atoms with van der Waals surface area (Å²) in [7, 11) is 0. The molecule has 2 aliphatic rings. The minimum atomic E-state index is -0.316. The number of piperazine rings is 1. The molecular formula is C22H26N8O. The van der Waals surface area contributed by atoms with Crippen LogP contribution in [-0.4, -0.2) is 52.4 Å². The van der Waals surface area contributed by atoms with E-state index < -0.39 is 0 Å². The lowest BCUT2D eigenvalue weighted by Crippen LogP contribution is -2.48. The van der Waals surface area contributed by atoms with Gasteiger partial charge in [0.05, 0.1) is 11.4 Å². The van der Waals surface area contributed by atoms with Crippen LogP contribution in [0.3, 0.4) is 0 Å². The molecule has 0 spiro atoms. The molecule has 2 aliphatic heterocycles. The first-order chi connectivity index (χ1) is 15.2. The van der Waals surface area contributed by atoms with Gasteiger partial charge >= 0.3 is 0 Å². The number of benzene rings is 1. The lowest BCUT2D eigenvalue weighted by molar-refractivity contribution is 0.463. The van der Waals surface area contributed by atoms with Crippen molar-refractivity contribution in [3.05, 3.63) is 64.8 Å². The van der Waals surface area contributed by atoms with Gasteiger partial charge in [-0.15, -0.1) is 0 Å². The fraction of sp³-hybridized carbons (Fsp3) is 0.364. The summed E-state index contributed by atoms with van der Waals surface area (Å²) in [6.45, 7) is 4.42. The highest BCUT2D eigenvalue weighted by molar-refractivity contribution is 5.55. The van der Waals surface area contributed by atoms with Crippen LogP contribution < -0.4 is 26.5 Å². The monoisotopic (exact) mass is 418 g/mol. The SMILES string of the molecule is Nn1c(N2CCN[C@@H](c3ccc(N4CCCC4)cc3)C2)nc(-c2ccncn2)cc1=O. The minimum Gasteiger partial charge on any atom is -0.372 e. The van der Waals surface area contributed by atoms with Crippen molar-refractivity contribution < 1.29 is 0 Å². The summed E-state index contributed by atoms with van der Waals surface area (Å²) >= 11 is 0. The van der Waals surface area contributed by atoms with Gasteiger partial charge in [0, 0.05) is 56.7 Å². The van der Waals surface area contributed by atoms with Crippen LogP contribution in [0.25, 0.3) is 11.4 Å². The summed E-state index contributed by atoms with van der Waals surface area (Å²) in [6.07, 6.45) is 5.60. The summed E-state index contributed by atoms with van der Waals surface area (Å²) in [5.74, 6) is 6.52. The molecular weight excluding hydrogens is 392 g/mol. The summed E-state index contributed by atoms with van der Waals surface area (Å²) in [4.78, 5) is 29.8. The van der Waals surface area contributed by atoms with Gasteiger partial charge in [0.1, 0.15) is 6.33 Å². The Kier molecular flexibility index (Phi) is 5.25. The molecule has 4 heterocycles. The van der Waals surface area contributed by atoms with E-state index in [9.17, 15) is 4.79 Å². The Morgan fingerprint density at radius 2 is 1.81 bits per heavy atom. The summed E-state index contributed by atoms with van der Waals surface area (Å²) in [6, 6.07) is 12.0. The average Bonchev–Trinajstić information content (AvgIpc) is 3.37. The summed E-state index contributed by atoms with van der Waals surface area (Å²) < 4.78 is 1.11. The van der Waals surface area contributed by atoms with E-state index in [-0.39, 0.29) is 11.6 Å². The van der Waals surface area contributed by atoms with Gasteiger partial charge in [0.2, 0.25) is 5.95 Å². The third kappa shape index (κ3) is 3.96. The van der Waals surface area contributed by atoms with Crippen LogP contribution in [0, 0.1) is 0 Å². The number of nitrogens with two attached hydrogens (primary N) is 1. The van der Waals surface area contributed by atoms with Gasteiger partial charge < -0.3 is 21.0 Å². The fourth-order valence-corrected chi connectivity index (χ4v) is 4.32. The Morgan fingerprint density at radius 1 is 1.00 bits per heavy atom. The number of hydrogen-bond acceptors (Lipinski definition) is 8. The Morgan fingerprint density at radius 3 is 2.55 bits per heavy atom. The molecule has 0 radical (unpaired) electrons. The molecule has 0 saturated carbocycles. The maximum absolute atomic E-state index is 12.5. The first kappa shape index (κ1) is 19.5. The summed E-state index contributed by atoms with van der Waals surface area (Å²) in [5.41, 5.74) is 3.27. The number of nitrogens with zero attached hydrogens (tertiary/aromatic N) is 6. The van der Waals surface area contributed by atoms with Gasteiger partial charge in [0.25, 0.3) is 5.56 Å². The molecule has 1 atom stereocenters. The van der Waals surface area contributed by atoms with Gasteiger partial charge in [0.15, 0.2) is 0 Å². The molecule has 3 aromatic rings. The van der Waals surface area contributed by atoms with E-state index >= 15 is 0 Å². The molecule has 0 aliphatic carbocycles. The number of nitrogen functional groups attached to an aromatic ring is 1. The molecule has 2 aromatic heterocycles. The first-order valence-electron chi connectivity index (χ1n) is 10.7. The molecule has 1 aromatic carbocycles. The quantitative estimate of drug-likeness (QED) is 0.609. The van der Waals surface area contributed by atoms with Gasteiger partial charge in [-0.05, 0) is 36.6 Å². The molecule has 2 fully saturated rings. The highest BCUT2D eigenvalue weighted by atomic mass is 16.1. The molecule has 0 unspecified atom stereocenters. The fourth-order valence-electron chi connectivity index (χ4n) is 4.32. The smallest absolute Gasteiger partial charge is 0.274 e. The number of aromatic nitrogens is 4. The number of nitrogens with one attached hydrogen (secondary N) is 1. The van der Waals surface area contributed by atoms with Gasteiger partial charge in [-0.2, -0.15) is 4.68 Å². The van der Waals surface area contributed by atoms with Crippen molar-refractivity contribution in [2.45, 2.75) is 18.9 Å². The van der Waals surface area contributed by atoms with Crippen molar-refractivity contribution in [2.24, 2.45) is 0 Å². The van der Waals surface area contributed by atoms with Crippen LogP contribution in [0.15, 0.2) is 53.7 Å². The van der Waals surface area contributed by atoms with Crippen LogP contribution in [-0.2, 0) is 0 Å². The predicted octanol–water partition coefficient (Wildman–Crippen LogP) is 1.17. The first-order valence-corrected chi connectivity index (χ1v) is 10.7. The average molecular weight is 419 g/mol. The van der Waals surface area contributed by atoms with Gasteiger partial charge in [-0.1, -0.05) is 12.1 Å². The zero-order valence-corrected chi connectivity index (χ0v) is 17.3. The predicted molar refractivity (Wildman–Crippen MR) is 121 cm³/mol. The number of anilines is 2. The topological polar surface area (TPSA) is 105 Å². The second-order valence-electron chi connectivity index (χ2n) is 7.98. The molecule has 9 nitrogen and oxygen atoms in total. The Hall–Kier alpha value is -3.46. The zero-order chi connectivity index (χ0) is 21.2. The number of rotatable bonds is 4. The van der Waals surface area contributed by atoms with E-state index in [2.05, 4.69) is 54.3 Å². The van der Waals surface area contributed by atoms with E-state index in [1.54, 1.807) is 12.3 Å². The molecule has 9 heteroatoms. The van der Waals surface area contributed by atoms with Crippen molar-refractivity contribution in [3.8, 4) is 11.4 Å². The van der Waals surface area contributed by atoms with Crippen molar-refractivity contribution in [3.63, 3.8) is 0 Å². The summed E-state index contributed by atoms with van der Waals surface area (Å²) in [5, 5.41) is 3.57. The minimum absolute atomic E-state index is 0.126. The molecule has 0 amide bonds. The maximum atomic E-state index is 12.5. The molecule has 160 valence electrons. The second kappa shape index (κ2) is 8.35. The lowest BCUT2D eigenvalue weighted by atomic mass is 10.0. The maximum Gasteiger partial charge on any atom is 0.274 e. The Bertz CT molecular complexity index is 1090. The van der Waals surface area contributed by atoms with E-state index in [0.29, 0.717) is 30.4 Å². The van der Waals surface area contributed by atoms with Crippen LogP contribution in [0.4, 0.5) is 11.6 Å². The third-order valence-corrected chi connectivity index (χ3v) is 6.00. The van der Waals surface area contributed by atoms with Crippen LogP contribution in [0.1, 0.15) is 24.4 Å². The molecule has 0 bridgehead atoms. The molecule has 5 rings (SSSR count). The van der Waals surface area contributed by atoms with E-state index in [1.807, 2.05) is 0 Å². The number of hydrogen-bond donors (Lipinski definition) is 2. The molecule has 3 N–H and O–H groups in total. The highest BCUT2D eigenvalue weighted by Gasteiger charge is 2.25. The van der Waals surface area contributed by atoms with Crippen LogP contribution in [0.2, 0.25) is 0 Å². The van der Waals surface area contributed by atoms with Gasteiger partial charge in [-0.3, -0.25) is 4.79 Å². The normalized spacial score (nSPS) is 19.0. The standard InChI is InChI=1S/C22H26N8O/c23-30-21(31)13-19(18-7-8-24-15-26-18)27-22(30)29-12-9-25-20(14-29)16-3-5-17(6-4-16)28-10-1-2-11-28/h3-8,13,15,20,25H,1-2,9-12,14,23H2/t20-/m1/s1. The van der Waals surface area contributed by atoms with Crippen molar-refractivity contribution in [1.82, 2.24) is 24.9 Å². The lowest BCUT2D eigenvalue weighted by Gasteiger charge is -2.35. The van der Waals surface area contributed by atoms with Crippen molar-refractivity contribution >= 4 is 11.6 Å².